The lowest BCUT2D eigenvalue weighted by Gasteiger charge is -2.00. The number of ether oxygens (including phenoxy) is 1. The van der Waals surface area contributed by atoms with E-state index >= 15 is 0 Å². The third-order valence-corrected chi connectivity index (χ3v) is 2.03. The number of carbonyl (C=O) groups is 1. The largest absolute Gasteiger partial charge is 0.394 e. The molecule has 0 saturated carbocycles. The molecule has 0 aliphatic rings. The van der Waals surface area contributed by atoms with E-state index in [1.54, 1.807) is 6.92 Å². The van der Waals surface area contributed by atoms with Crippen molar-refractivity contribution >= 4 is 16.9 Å². The van der Waals surface area contributed by atoms with Crippen LogP contribution in [0.25, 0.3) is 0 Å². The molecule has 0 atom stereocenters. The van der Waals surface area contributed by atoms with Crippen molar-refractivity contribution in [2.45, 2.75) is 6.92 Å². The highest BCUT2D eigenvalue weighted by molar-refractivity contribution is 8.14. The Morgan fingerprint density at radius 3 is 2.75 bits per heavy atom. The number of aliphatic hydroxyl groups excluding tert-OH is 1. The lowest BCUT2D eigenvalue weighted by Crippen LogP contribution is -2.04. The van der Waals surface area contributed by atoms with Crippen LogP contribution in [0.1, 0.15) is 6.92 Å². The number of carbonyl (C=O) groups excluding carboxylic acids is 1. The van der Waals surface area contributed by atoms with Gasteiger partial charge in [-0.1, -0.05) is 18.3 Å². The molecule has 0 aromatic rings. The van der Waals surface area contributed by atoms with Crippen molar-refractivity contribution in [3.63, 3.8) is 0 Å². The van der Waals surface area contributed by atoms with Gasteiger partial charge in [0, 0.05) is 5.75 Å². The normalized spacial score (nSPS) is 9.83. The molecular weight excluding hydrogens is 176 g/mol. The lowest BCUT2D eigenvalue weighted by atomic mass is 10.4. The maximum absolute atomic E-state index is 10.9. The summed E-state index contributed by atoms with van der Waals surface area (Å²) in [4.78, 5) is 10.9. The number of rotatable bonds is 6. The molecule has 0 rings (SSSR count). The number of hydrogen-bond acceptors (Lipinski definition) is 4. The topological polar surface area (TPSA) is 46.5 Å². The van der Waals surface area contributed by atoms with Gasteiger partial charge in [-0.15, -0.1) is 0 Å². The minimum absolute atomic E-state index is 0.00241. The Morgan fingerprint density at radius 1 is 1.58 bits per heavy atom. The van der Waals surface area contributed by atoms with Gasteiger partial charge in [-0.05, 0) is 12.5 Å². The second kappa shape index (κ2) is 7.34. The molecule has 0 fully saturated rings. The minimum Gasteiger partial charge on any atom is -0.394 e. The van der Waals surface area contributed by atoms with E-state index in [1.807, 2.05) is 0 Å². The fourth-order valence-electron chi connectivity index (χ4n) is 0.483. The first kappa shape index (κ1) is 11.7. The standard InChI is InChI=1S/C8H14O3S/c1-7(2)8(10)12-6-5-11-4-3-9/h9H,1,3-6H2,2H3. The van der Waals surface area contributed by atoms with Crippen LogP contribution in [0.4, 0.5) is 0 Å². The van der Waals surface area contributed by atoms with Crippen molar-refractivity contribution in [3.05, 3.63) is 12.2 Å². The first-order valence-corrected chi connectivity index (χ1v) is 4.68. The lowest BCUT2D eigenvalue weighted by molar-refractivity contribution is -0.107. The monoisotopic (exact) mass is 190 g/mol. The molecule has 0 unspecified atom stereocenters. The number of thioether (sulfide) groups is 1. The van der Waals surface area contributed by atoms with Crippen LogP contribution >= 0.6 is 11.8 Å². The summed E-state index contributed by atoms with van der Waals surface area (Å²) < 4.78 is 4.96. The maximum Gasteiger partial charge on any atom is 0.214 e. The van der Waals surface area contributed by atoms with E-state index in [4.69, 9.17) is 9.84 Å². The molecule has 70 valence electrons. The average molecular weight is 190 g/mol. The highest BCUT2D eigenvalue weighted by Gasteiger charge is 2.01. The van der Waals surface area contributed by atoms with Gasteiger partial charge in [0.2, 0.25) is 5.12 Å². The molecule has 0 aromatic heterocycles. The Labute approximate surface area is 76.8 Å². The van der Waals surface area contributed by atoms with E-state index < -0.39 is 0 Å². The molecule has 0 spiro atoms. The summed E-state index contributed by atoms with van der Waals surface area (Å²) >= 11 is 1.19. The van der Waals surface area contributed by atoms with E-state index in [9.17, 15) is 4.79 Å². The van der Waals surface area contributed by atoms with Gasteiger partial charge in [-0.3, -0.25) is 4.79 Å². The number of hydrogen-bond donors (Lipinski definition) is 1. The van der Waals surface area contributed by atoms with Crippen molar-refractivity contribution < 1.29 is 14.6 Å². The Morgan fingerprint density at radius 2 is 2.25 bits per heavy atom. The molecular formula is C8H14O3S. The Balaban J connectivity index is 3.20. The SMILES string of the molecule is C=C(C)C(=O)SCCOCCO. The summed E-state index contributed by atoms with van der Waals surface area (Å²) in [6.07, 6.45) is 0. The summed E-state index contributed by atoms with van der Waals surface area (Å²) in [6, 6.07) is 0. The quantitative estimate of drug-likeness (QED) is 0.498. The van der Waals surface area contributed by atoms with E-state index in [1.165, 1.54) is 11.8 Å². The molecule has 0 bridgehead atoms. The molecule has 0 heterocycles. The molecule has 0 aromatic carbocycles. The molecule has 0 amide bonds. The highest BCUT2D eigenvalue weighted by Crippen LogP contribution is 2.07. The van der Waals surface area contributed by atoms with Crippen LogP contribution in [0.15, 0.2) is 12.2 Å². The van der Waals surface area contributed by atoms with Crippen LogP contribution in [0.2, 0.25) is 0 Å². The Hall–Kier alpha value is -0.320. The predicted octanol–water partition coefficient (Wildman–Crippen LogP) is 0.831. The zero-order chi connectivity index (χ0) is 9.40. The van der Waals surface area contributed by atoms with Gasteiger partial charge in [0.15, 0.2) is 0 Å². The van der Waals surface area contributed by atoms with Gasteiger partial charge in [-0.25, -0.2) is 0 Å². The first-order valence-electron chi connectivity index (χ1n) is 3.69. The van der Waals surface area contributed by atoms with Crippen molar-refractivity contribution in [3.8, 4) is 0 Å². The molecule has 0 aliphatic heterocycles. The summed E-state index contributed by atoms with van der Waals surface area (Å²) in [5.74, 6) is 0.617. The maximum atomic E-state index is 10.9. The first-order chi connectivity index (χ1) is 5.68. The molecule has 12 heavy (non-hydrogen) atoms. The van der Waals surface area contributed by atoms with E-state index in [-0.39, 0.29) is 11.7 Å². The minimum atomic E-state index is 0.00241. The zero-order valence-corrected chi connectivity index (χ0v) is 8.02. The molecule has 0 saturated heterocycles. The summed E-state index contributed by atoms with van der Waals surface area (Å²) in [5, 5.41) is 8.35. The van der Waals surface area contributed by atoms with E-state index in [2.05, 4.69) is 6.58 Å². The molecule has 1 N–H and O–H groups in total. The molecule has 3 nitrogen and oxygen atoms in total. The second-order valence-electron chi connectivity index (χ2n) is 2.25. The van der Waals surface area contributed by atoms with Crippen LogP contribution < -0.4 is 0 Å². The van der Waals surface area contributed by atoms with Crippen molar-refractivity contribution in [1.29, 1.82) is 0 Å². The van der Waals surface area contributed by atoms with E-state index in [0.717, 1.165) is 0 Å². The van der Waals surface area contributed by atoms with Gasteiger partial charge < -0.3 is 9.84 Å². The third-order valence-electron chi connectivity index (χ3n) is 1.04. The summed E-state index contributed by atoms with van der Waals surface area (Å²) in [7, 11) is 0. The van der Waals surface area contributed by atoms with Crippen molar-refractivity contribution in [1.82, 2.24) is 0 Å². The Bertz CT molecular complexity index is 156. The van der Waals surface area contributed by atoms with Crippen LogP contribution in [0, 0.1) is 0 Å². The van der Waals surface area contributed by atoms with Crippen molar-refractivity contribution in [2.24, 2.45) is 0 Å². The number of aliphatic hydroxyl groups is 1. The summed E-state index contributed by atoms with van der Waals surface area (Å²) in [5.41, 5.74) is 0.558. The van der Waals surface area contributed by atoms with Gasteiger partial charge in [-0.2, -0.15) is 0 Å². The van der Waals surface area contributed by atoms with Crippen LogP contribution in [0.5, 0.6) is 0 Å². The molecule has 0 radical (unpaired) electrons. The van der Waals surface area contributed by atoms with Gasteiger partial charge in [0.05, 0.1) is 19.8 Å². The van der Waals surface area contributed by atoms with E-state index in [0.29, 0.717) is 24.5 Å². The van der Waals surface area contributed by atoms with Gasteiger partial charge in [0.1, 0.15) is 0 Å². The van der Waals surface area contributed by atoms with Gasteiger partial charge >= 0.3 is 0 Å². The summed E-state index contributed by atoms with van der Waals surface area (Å²) in [6.45, 7) is 6.06. The Kier molecular flexibility index (Phi) is 7.14. The predicted molar refractivity (Wildman–Crippen MR) is 50.2 cm³/mol. The smallest absolute Gasteiger partial charge is 0.214 e. The zero-order valence-electron chi connectivity index (χ0n) is 7.21. The van der Waals surface area contributed by atoms with Gasteiger partial charge in [0.25, 0.3) is 0 Å². The van der Waals surface area contributed by atoms with Crippen LogP contribution in [0.3, 0.4) is 0 Å². The van der Waals surface area contributed by atoms with Crippen molar-refractivity contribution in [2.75, 3.05) is 25.6 Å². The molecule has 4 heteroatoms. The fraction of sp³-hybridized carbons (Fsp3) is 0.625. The second-order valence-corrected chi connectivity index (χ2v) is 3.32. The fourth-order valence-corrected chi connectivity index (χ4v) is 1.12. The molecule has 0 aliphatic carbocycles. The van der Waals surface area contributed by atoms with Crippen LogP contribution in [-0.2, 0) is 9.53 Å². The van der Waals surface area contributed by atoms with Crippen LogP contribution in [-0.4, -0.2) is 35.8 Å². The highest BCUT2D eigenvalue weighted by atomic mass is 32.2. The average Bonchev–Trinajstić information content (AvgIpc) is 2.03. The third kappa shape index (κ3) is 6.39.